The van der Waals surface area contributed by atoms with Gasteiger partial charge in [0.05, 0.1) is 27.3 Å². The van der Waals surface area contributed by atoms with E-state index in [9.17, 15) is 0 Å². The third kappa shape index (κ3) is 3.08. The molecule has 20 heavy (non-hydrogen) atoms. The highest BCUT2D eigenvalue weighted by molar-refractivity contribution is 5.60. The van der Waals surface area contributed by atoms with Crippen molar-refractivity contribution in [2.24, 2.45) is 0 Å². The van der Waals surface area contributed by atoms with Crippen LogP contribution in [0, 0.1) is 12.3 Å². The third-order valence-corrected chi connectivity index (χ3v) is 2.61. The van der Waals surface area contributed by atoms with Gasteiger partial charge in [0, 0.05) is 5.56 Å². The lowest BCUT2D eigenvalue weighted by Gasteiger charge is -2.07. The monoisotopic (exact) mass is 273 g/mol. The number of aromatic nitrogens is 2. The zero-order valence-electron chi connectivity index (χ0n) is 11.3. The van der Waals surface area contributed by atoms with Crippen LogP contribution >= 0.6 is 0 Å². The summed E-state index contributed by atoms with van der Waals surface area (Å²) in [5.74, 6) is 4.70. The van der Waals surface area contributed by atoms with Crippen LogP contribution in [0.5, 0.6) is 11.5 Å². The van der Waals surface area contributed by atoms with Crippen molar-refractivity contribution in [3.63, 3.8) is 0 Å². The number of terminal acetylenes is 1. The molecule has 1 heterocycles. The minimum absolute atomic E-state index is 0.435. The van der Waals surface area contributed by atoms with E-state index in [1.54, 1.807) is 26.4 Å². The lowest BCUT2D eigenvalue weighted by Crippen LogP contribution is -2.13. The summed E-state index contributed by atoms with van der Waals surface area (Å²) >= 11 is 0. The maximum absolute atomic E-state index is 5.24. The van der Waals surface area contributed by atoms with Crippen molar-refractivity contribution in [1.82, 2.24) is 15.5 Å². The van der Waals surface area contributed by atoms with E-state index in [2.05, 4.69) is 21.4 Å². The van der Waals surface area contributed by atoms with Crippen LogP contribution in [0.1, 0.15) is 5.89 Å². The van der Waals surface area contributed by atoms with Crippen LogP contribution in [0.4, 0.5) is 0 Å². The van der Waals surface area contributed by atoms with Crippen LogP contribution < -0.4 is 14.8 Å². The molecule has 0 spiro atoms. The number of benzene rings is 1. The van der Waals surface area contributed by atoms with Crippen molar-refractivity contribution in [2.75, 3.05) is 20.8 Å². The molecule has 0 saturated carbocycles. The van der Waals surface area contributed by atoms with E-state index in [0.29, 0.717) is 36.3 Å². The van der Waals surface area contributed by atoms with E-state index in [4.69, 9.17) is 20.4 Å². The largest absolute Gasteiger partial charge is 0.493 e. The lowest BCUT2D eigenvalue weighted by molar-refractivity contribution is 0.355. The Morgan fingerprint density at radius 2 is 2.10 bits per heavy atom. The summed E-state index contributed by atoms with van der Waals surface area (Å²) in [6, 6.07) is 5.42. The molecular formula is C14H15N3O3. The Bertz CT molecular complexity index is 616. The second-order valence-corrected chi connectivity index (χ2v) is 3.89. The van der Waals surface area contributed by atoms with E-state index >= 15 is 0 Å². The molecular weight excluding hydrogens is 258 g/mol. The van der Waals surface area contributed by atoms with E-state index in [1.807, 2.05) is 6.07 Å². The Kier molecular flexibility index (Phi) is 4.58. The maximum Gasteiger partial charge on any atom is 0.240 e. The van der Waals surface area contributed by atoms with Crippen LogP contribution in [0.25, 0.3) is 11.4 Å². The fourth-order valence-corrected chi connectivity index (χ4v) is 1.66. The van der Waals surface area contributed by atoms with Crippen LogP contribution in [-0.2, 0) is 6.54 Å². The van der Waals surface area contributed by atoms with Gasteiger partial charge in [0.1, 0.15) is 0 Å². The van der Waals surface area contributed by atoms with Gasteiger partial charge >= 0.3 is 0 Å². The highest BCUT2D eigenvalue weighted by Gasteiger charge is 2.11. The molecule has 6 nitrogen and oxygen atoms in total. The molecule has 1 N–H and O–H groups in total. The van der Waals surface area contributed by atoms with Gasteiger partial charge in [-0.2, -0.15) is 4.98 Å². The predicted octanol–water partition coefficient (Wildman–Crippen LogP) is 1.48. The maximum atomic E-state index is 5.24. The van der Waals surface area contributed by atoms with Gasteiger partial charge in [0.25, 0.3) is 0 Å². The van der Waals surface area contributed by atoms with Crippen LogP contribution in [-0.4, -0.2) is 30.9 Å². The molecule has 0 unspecified atom stereocenters. The van der Waals surface area contributed by atoms with Gasteiger partial charge in [-0.3, -0.25) is 5.32 Å². The molecule has 6 heteroatoms. The van der Waals surface area contributed by atoms with Crippen LogP contribution in [0.3, 0.4) is 0 Å². The van der Waals surface area contributed by atoms with E-state index in [0.717, 1.165) is 5.56 Å². The van der Waals surface area contributed by atoms with Crippen LogP contribution in [0.15, 0.2) is 22.7 Å². The molecule has 0 bridgehead atoms. The molecule has 1 aromatic heterocycles. The zero-order chi connectivity index (χ0) is 14.4. The minimum atomic E-state index is 0.435. The van der Waals surface area contributed by atoms with E-state index in [1.165, 1.54) is 0 Å². The van der Waals surface area contributed by atoms with Crippen molar-refractivity contribution < 1.29 is 14.0 Å². The summed E-state index contributed by atoms with van der Waals surface area (Å²) < 4.78 is 15.6. The molecule has 104 valence electrons. The van der Waals surface area contributed by atoms with Gasteiger partial charge < -0.3 is 14.0 Å². The highest BCUT2D eigenvalue weighted by atomic mass is 16.5. The topological polar surface area (TPSA) is 69.4 Å². The molecule has 0 fully saturated rings. The highest BCUT2D eigenvalue weighted by Crippen LogP contribution is 2.31. The van der Waals surface area contributed by atoms with Gasteiger partial charge in [0.15, 0.2) is 11.5 Å². The molecule has 0 saturated heterocycles. The number of rotatable bonds is 6. The molecule has 2 rings (SSSR count). The average molecular weight is 273 g/mol. The van der Waals surface area contributed by atoms with E-state index < -0.39 is 0 Å². The first-order valence-electron chi connectivity index (χ1n) is 5.97. The van der Waals surface area contributed by atoms with Gasteiger partial charge in [-0.25, -0.2) is 0 Å². The Balaban J connectivity index is 2.17. The van der Waals surface area contributed by atoms with Crippen molar-refractivity contribution in [3.05, 3.63) is 24.1 Å². The number of ether oxygens (including phenoxy) is 2. The Hall–Kier alpha value is -2.52. The third-order valence-electron chi connectivity index (χ3n) is 2.61. The molecule has 0 amide bonds. The van der Waals surface area contributed by atoms with E-state index in [-0.39, 0.29) is 0 Å². The van der Waals surface area contributed by atoms with Crippen molar-refractivity contribution in [1.29, 1.82) is 0 Å². The van der Waals surface area contributed by atoms with Gasteiger partial charge in [0.2, 0.25) is 11.7 Å². The zero-order valence-corrected chi connectivity index (χ0v) is 11.3. The fourth-order valence-electron chi connectivity index (χ4n) is 1.66. The summed E-state index contributed by atoms with van der Waals surface area (Å²) in [5.41, 5.74) is 0.787. The second kappa shape index (κ2) is 6.59. The summed E-state index contributed by atoms with van der Waals surface area (Å²) in [5, 5.41) is 6.90. The summed E-state index contributed by atoms with van der Waals surface area (Å²) in [6.45, 7) is 0.887. The minimum Gasteiger partial charge on any atom is -0.493 e. The molecule has 0 aliphatic carbocycles. The first-order chi connectivity index (χ1) is 9.78. The number of nitrogens with zero attached hydrogens (tertiary/aromatic N) is 2. The molecule has 1 aromatic carbocycles. The molecule has 0 atom stereocenters. The van der Waals surface area contributed by atoms with Crippen molar-refractivity contribution in [3.8, 4) is 35.2 Å². The number of hydrogen-bond acceptors (Lipinski definition) is 6. The summed E-state index contributed by atoms with van der Waals surface area (Å²) in [4.78, 5) is 4.28. The second-order valence-electron chi connectivity index (χ2n) is 3.89. The Morgan fingerprint density at radius 3 is 2.80 bits per heavy atom. The summed E-state index contributed by atoms with van der Waals surface area (Å²) in [7, 11) is 3.16. The normalized spacial score (nSPS) is 10.1. The number of nitrogens with one attached hydrogen (secondary N) is 1. The van der Waals surface area contributed by atoms with Crippen molar-refractivity contribution >= 4 is 0 Å². The fraction of sp³-hybridized carbons (Fsp3) is 0.286. The standard InChI is InChI=1S/C14H15N3O3/c1-4-7-15-9-13-16-14(17-20-13)10-5-6-11(18-2)12(8-10)19-3/h1,5-6,8,15H,7,9H2,2-3H3. The lowest BCUT2D eigenvalue weighted by atomic mass is 10.2. The average Bonchev–Trinajstić information content (AvgIpc) is 2.95. The molecule has 2 aromatic rings. The predicted molar refractivity (Wildman–Crippen MR) is 73.4 cm³/mol. The Morgan fingerprint density at radius 1 is 1.30 bits per heavy atom. The SMILES string of the molecule is C#CCNCc1nc(-c2ccc(OC)c(OC)c2)no1. The van der Waals surface area contributed by atoms with Gasteiger partial charge in [-0.1, -0.05) is 11.1 Å². The Labute approximate surface area is 117 Å². The number of methoxy groups -OCH3 is 2. The molecule has 0 radical (unpaired) electrons. The van der Waals surface area contributed by atoms with Gasteiger partial charge in [-0.15, -0.1) is 6.42 Å². The van der Waals surface area contributed by atoms with Crippen molar-refractivity contribution in [2.45, 2.75) is 6.54 Å². The number of hydrogen-bond donors (Lipinski definition) is 1. The molecule has 0 aliphatic heterocycles. The first kappa shape index (κ1) is 13.9. The van der Waals surface area contributed by atoms with Gasteiger partial charge in [-0.05, 0) is 18.2 Å². The quantitative estimate of drug-likeness (QED) is 0.635. The summed E-state index contributed by atoms with van der Waals surface area (Å²) in [6.07, 6.45) is 5.14. The van der Waals surface area contributed by atoms with Crippen LogP contribution in [0.2, 0.25) is 0 Å². The smallest absolute Gasteiger partial charge is 0.240 e. The molecule has 0 aliphatic rings. The first-order valence-corrected chi connectivity index (χ1v) is 5.97.